The lowest BCUT2D eigenvalue weighted by atomic mass is 9.96. The maximum absolute atomic E-state index is 12.1. The maximum atomic E-state index is 12.1. The molecule has 1 amide bonds. The lowest BCUT2D eigenvalue weighted by Gasteiger charge is -2.17. The highest BCUT2D eigenvalue weighted by atomic mass is 32.1. The number of amides is 1. The van der Waals surface area contributed by atoms with Crippen LogP contribution in [0.3, 0.4) is 0 Å². The van der Waals surface area contributed by atoms with E-state index in [9.17, 15) is 24.5 Å². The summed E-state index contributed by atoms with van der Waals surface area (Å²) in [6, 6.07) is 5.41. The SMILES string of the molecule is CC(C)(C)C(=O)NCc1ccc(C(=O)COC(=O)c2ccc([N+](=O)[O-])o2)s1. The summed E-state index contributed by atoms with van der Waals surface area (Å²) >= 11 is 1.18. The number of nitrogens with one attached hydrogen (secondary N) is 1. The highest BCUT2D eigenvalue weighted by molar-refractivity contribution is 7.14. The largest absolute Gasteiger partial charge is 0.451 e. The van der Waals surface area contributed by atoms with Crippen molar-refractivity contribution in [2.45, 2.75) is 27.3 Å². The first-order valence-corrected chi connectivity index (χ1v) is 8.71. The van der Waals surface area contributed by atoms with Crippen LogP contribution in [0.4, 0.5) is 5.88 Å². The van der Waals surface area contributed by atoms with Gasteiger partial charge in [-0.2, -0.15) is 0 Å². The van der Waals surface area contributed by atoms with Crippen LogP contribution in [-0.4, -0.2) is 29.2 Å². The van der Waals surface area contributed by atoms with E-state index in [-0.39, 0.29) is 11.7 Å². The zero-order valence-corrected chi connectivity index (χ0v) is 15.8. The van der Waals surface area contributed by atoms with Gasteiger partial charge < -0.3 is 14.5 Å². The van der Waals surface area contributed by atoms with Crippen LogP contribution in [0.25, 0.3) is 0 Å². The molecule has 144 valence electrons. The minimum absolute atomic E-state index is 0.106. The molecule has 0 aliphatic rings. The molecule has 0 saturated carbocycles. The number of thiophene rings is 1. The smallest absolute Gasteiger partial charge is 0.433 e. The standard InChI is InChI=1S/C17H18N2O7S/c1-17(2,3)16(22)18-8-10-4-6-13(27-10)11(20)9-25-15(21)12-5-7-14(26-12)19(23)24/h4-7H,8-9H2,1-3H3,(H,18,22). The molecule has 0 unspecified atom stereocenters. The van der Waals surface area contributed by atoms with Crippen LogP contribution in [0.1, 0.15) is 45.9 Å². The Balaban J connectivity index is 1.87. The monoisotopic (exact) mass is 394 g/mol. The third-order valence-corrected chi connectivity index (χ3v) is 4.47. The summed E-state index contributed by atoms with van der Waals surface area (Å²) in [5.74, 6) is -2.45. The molecule has 2 aromatic rings. The summed E-state index contributed by atoms with van der Waals surface area (Å²) < 4.78 is 9.53. The lowest BCUT2D eigenvalue weighted by Crippen LogP contribution is -2.34. The molecule has 10 heteroatoms. The highest BCUT2D eigenvalue weighted by Crippen LogP contribution is 2.20. The second-order valence-electron chi connectivity index (χ2n) is 6.59. The van der Waals surface area contributed by atoms with E-state index < -0.39 is 34.6 Å². The molecule has 0 atom stereocenters. The number of hydrogen-bond acceptors (Lipinski definition) is 8. The van der Waals surface area contributed by atoms with Crippen LogP contribution in [-0.2, 0) is 16.1 Å². The van der Waals surface area contributed by atoms with Gasteiger partial charge in [0.05, 0.1) is 17.5 Å². The molecule has 0 aliphatic heterocycles. The third kappa shape index (κ3) is 5.48. The average Bonchev–Trinajstić information content (AvgIpc) is 3.25. The lowest BCUT2D eigenvalue weighted by molar-refractivity contribution is -0.402. The van der Waals surface area contributed by atoms with Crippen molar-refractivity contribution in [3.63, 3.8) is 0 Å². The number of furan rings is 1. The summed E-state index contributed by atoms with van der Waals surface area (Å²) in [5, 5.41) is 13.3. The van der Waals surface area contributed by atoms with E-state index in [0.717, 1.165) is 17.0 Å². The normalized spacial score (nSPS) is 11.1. The molecule has 1 N–H and O–H groups in total. The van der Waals surface area contributed by atoms with E-state index in [1.807, 2.05) is 0 Å². The first-order chi connectivity index (χ1) is 12.6. The van der Waals surface area contributed by atoms with Crippen LogP contribution < -0.4 is 5.32 Å². The van der Waals surface area contributed by atoms with Crippen LogP contribution in [0, 0.1) is 15.5 Å². The van der Waals surface area contributed by atoms with Crippen molar-refractivity contribution >= 4 is 34.9 Å². The molecule has 2 rings (SSSR count). The fourth-order valence-electron chi connectivity index (χ4n) is 1.86. The van der Waals surface area contributed by atoms with E-state index >= 15 is 0 Å². The van der Waals surface area contributed by atoms with Gasteiger partial charge in [0, 0.05) is 10.3 Å². The van der Waals surface area contributed by atoms with Gasteiger partial charge in [-0.25, -0.2) is 4.79 Å². The molecule has 0 radical (unpaired) electrons. The summed E-state index contributed by atoms with van der Waals surface area (Å²) in [6.07, 6.45) is 0. The minimum Gasteiger partial charge on any atom is -0.451 e. The zero-order chi connectivity index (χ0) is 20.2. The van der Waals surface area contributed by atoms with E-state index in [2.05, 4.69) is 5.32 Å². The molecule has 0 saturated heterocycles. The van der Waals surface area contributed by atoms with E-state index in [0.29, 0.717) is 11.4 Å². The molecule has 0 aliphatic carbocycles. The van der Waals surface area contributed by atoms with Crippen LogP contribution in [0.15, 0.2) is 28.7 Å². The fourth-order valence-corrected chi connectivity index (χ4v) is 2.74. The molecule has 2 aromatic heterocycles. The first kappa shape index (κ1) is 20.3. The number of nitro groups is 1. The quantitative estimate of drug-likeness (QED) is 0.331. The molecule has 0 aromatic carbocycles. The Labute approximate surface area is 158 Å². The van der Waals surface area contributed by atoms with Crippen LogP contribution >= 0.6 is 11.3 Å². The minimum atomic E-state index is -0.967. The van der Waals surface area contributed by atoms with E-state index in [4.69, 9.17) is 9.15 Å². The Bertz CT molecular complexity index is 876. The van der Waals surface area contributed by atoms with Gasteiger partial charge in [0.25, 0.3) is 0 Å². The van der Waals surface area contributed by atoms with Crippen molar-refractivity contribution in [3.8, 4) is 0 Å². The third-order valence-electron chi connectivity index (χ3n) is 3.35. The Morgan fingerprint density at radius 2 is 1.93 bits per heavy atom. The Hall–Kier alpha value is -3.01. The number of Topliss-reactive ketones (excluding diaryl/α,β-unsaturated/α-hetero) is 1. The summed E-state index contributed by atoms with van der Waals surface area (Å²) in [7, 11) is 0. The van der Waals surface area contributed by atoms with Crippen LogP contribution in [0.2, 0.25) is 0 Å². The van der Waals surface area contributed by atoms with Gasteiger partial charge in [-0.05, 0) is 18.2 Å². The number of ketones is 1. The van der Waals surface area contributed by atoms with Gasteiger partial charge in [-0.15, -0.1) is 11.3 Å². The van der Waals surface area contributed by atoms with Gasteiger partial charge >= 0.3 is 11.9 Å². The van der Waals surface area contributed by atoms with Crippen LogP contribution in [0.5, 0.6) is 0 Å². The molecule has 9 nitrogen and oxygen atoms in total. The van der Waals surface area contributed by atoms with Crippen molar-refractivity contribution in [2.75, 3.05) is 6.61 Å². The van der Waals surface area contributed by atoms with Crippen molar-refractivity contribution in [1.82, 2.24) is 5.32 Å². The van der Waals surface area contributed by atoms with Gasteiger partial charge in [0.15, 0.2) is 6.61 Å². The molecule has 27 heavy (non-hydrogen) atoms. The second-order valence-corrected chi connectivity index (χ2v) is 7.76. The first-order valence-electron chi connectivity index (χ1n) is 7.89. The number of nitrogens with zero attached hydrogens (tertiary/aromatic N) is 1. The summed E-state index contributed by atoms with van der Waals surface area (Å²) in [5.41, 5.74) is -0.509. The predicted molar refractivity (Wildman–Crippen MR) is 95.6 cm³/mol. The number of ether oxygens (including phenoxy) is 1. The van der Waals surface area contributed by atoms with E-state index in [1.54, 1.807) is 32.9 Å². The van der Waals surface area contributed by atoms with Gasteiger partial charge in [0.1, 0.15) is 4.92 Å². The van der Waals surface area contributed by atoms with E-state index in [1.165, 1.54) is 11.3 Å². The Morgan fingerprint density at radius 1 is 1.22 bits per heavy atom. The molecule has 0 bridgehead atoms. The van der Waals surface area contributed by atoms with Gasteiger partial charge in [-0.3, -0.25) is 19.7 Å². The molecule has 2 heterocycles. The average molecular weight is 394 g/mol. The topological polar surface area (TPSA) is 129 Å². The zero-order valence-electron chi connectivity index (χ0n) is 14.9. The number of carbonyl (C=O) groups excluding carboxylic acids is 3. The van der Waals surface area contributed by atoms with Crippen molar-refractivity contribution in [2.24, 2.45) is 5.41 Å². The molecule has 0 spiro atoms. The fraction of sp³-hybridized carbons (Fsp3) is 0.353. The molecular formula is C17H18N2O7S. The Morgan fingerprint density at radius 3 is 2.52 bits per heavy atom. The number of carbonyl (C=O) groups is 3. The molecule has 0 fully saturated rings. The predicted octanol–water partition coefficient (Wildman–Crippen LogP) is 2.95. The van der Waals surface area contributed by atoms with Gasteiger partial charge in [0.2, 0.25) is 17.5 Å². The maximum Gasteiger partial charge on any atom is 0.433 e. The summed E-state index contributed by atoms with van der Waals surface area (Å²) in [6.45, 7) is 5.17. The Kier molecular flexibility index (Phi) is 6.11. The number of rotatable bonds is 7. The summed E-state index contributed by atoms with van der Waals surface area (Å²) in [4.78, 5) is 46.6. The second kappa shape index (κ2) is 8.12. The van der Waals surface area contributed by atoms with Crippen molar-refractivity contribution < 1.29 is 28.5 Å². The van der Waals surface area contributed by atoms with Gasteiger partial charge in [-0.1, -0.05) is 20.8 Å². The molecular weight excluding hydrogens is 376 g/mol. The number of hydrogen-bond donors (Lipinski definition) is 1. The van der Waals surface area contributed by atoms with Crippen molar-refractivity contribution in [1.29, 1.82) is 0 Å². The number of esters is 1. The highest BCUT2D eigenvalue weighted by Gasteiger charge is 2.22. The van der Waals surface area contributed by atoms with Crippen molar-refractivity contribution in [3.05, 3.63) is 49.9 Å².